The van der Waals surface area contributed by atoms with Crippen molar-refractivity contribution in [1.82, 2.24) is 9.19 Å². The quantitative estimate of drug-likeness (QED) is 0.473. The lowest BCUT2D eigenvalue weighted by molar-refractivity contribution is -0.146. The summed E-state index contributed by atoms with van der Waals surface area (Å²) in [7, 11) is -8.00. The molecular formula is C21H21ClF3N3O4S2. The second-order valence-corrected chi connectivity index (χ2v) is 12.9. The van der Waals surface area contributed by atoms with E-state index in [-0.39, 0.29) is 50.9 Å². The third-order valence-corrected chi connectivity index (χ3v) is 9.89. The van der Waals surface area contributed by atoms with E-state index in [9.17, 15) is 30.0 Å². The van der Waals surface area contributed by atoms with Gasteiger partial charge in [0.2, 0.25) is 0 Å². The van der Waals surface area contributed by atoms with Crippen molar-refractivity contribution in [3.63, 3.8) is 0 Å². The van der Waals surface area contributed by atoms with Crippen LogP contribution in [0, 0.1) is 0 Å². The summed E-state index contributed by atoms with van der Waals surface area (Å²) in [5.74, 6) is -0.164. The van der Waals surface area contributed by atoms with Gasteiger partial charge in [-0.15, -0.1) is 5.10 Å². The molecule has 1 saturated heterocycles. The molecule has 1 aliphatic rings. The monoisotopic (exact) mass is 535 g/mol. The number of rotatable bonds is 5. The normalized spacial score (nSPS) is 17.7. The first-order valence-electron chi connectivity index (χ1n) is 10.4. The predicted molar refractivity (Wildman–Crippen MR) is 123 cm³/mol. The summed E-state index contributed by atoms with van der Waals surface area (Å²) in [6.07, 6.45) is -4.40. The van der Waals surface area contributed by atoms with Crippen LogP contribution in [0.15, 0.2) is 52.3 Å². The molecule has 0 N–H and O–H groups in total. The van der Waals surface area contributed by atoms with Gasteiger partial charge in [-0.3, -0.25) is 0 Å². The molecule has 7 nitrogen and oxygen atoms in total. The van der Waals surface area contributed by atoms with Crippen molar-refractivity contribution in [2.45, 2.75) is 53.9 Å². The number of nitrogens with zero attached hydrogens (tertiary/aromatic N) is 3. The van der Waals surface area contributed by atoms with Crippen LogP contribution in [-0.2, 0) is 19.9 Å². The first kappa shape index (κ1) is 24.8. The highest BCUT2D eigenvalue weighted by Crippen LogP contribution is 2.41. The van der Waals surface area contributed by atoms with Crippen LogP contribution in [0.25, 0.3) is 10.9 Å². The molecule has 1 atom stereocenters. The third kappa shape index (κ3) is 4.05. The minimum Gasteiger partial charge on any atom is -0.342 e. The zero-order valence-electron chi connectivity index (χ0n) is 18.1. The molecule has 13 heteroatoms. The van der Waals surface area contributed by atoms with Gasteiger partial charge in [-0.05, 0) is 63.1 Å². The maximum Gasteiger partial charge on any atom is 0.408 e. The van der Waals surface area contributed by atoms with Crippen LogP contribution in [-0.4, -0.2) is 50.0 Å². The molecule has 0 bridgehead atoms. The van der Waals surface area contributed by atoms with E-state index in [0.29, 0.717) is 4.09 Å². The van der Waals surface area contributed by atoms with Crippen molar-refractivity contribution >= 4 is 48.2 Å². The summed E-state index contributed by atoms with van der Waals surface area (Å²) >= 11 is 6.29. The largest absolute Gasteiger partial charge is 0.408 e. The van der Waals surface area contributed by atoms with Gasteiger partial charge in [-0.2, -0.15) is 25.7 Å². The van der Waals surface area contributed by atoms with Crippen molar-refractivity contribution in [1.29, 1.82) is 0 Å². The van der Waals surface area contributed by atoms with Gasteiger partial charge < -0.3 is 4.90 Å². The summed E-state index contributed by atoms with van der Waals surface area (Å²) in [5.41, 5.74) is 0.0224. The zero-order chi connectivity index (χ0) is 25.1. The molecule has 4 rings (SSSR count). The Balaban J connectivity index is 1.86. The lowest BCUT2D eigenvalue weighted by Gasteiger charge is -2.26. The number of hydrogen-bond acceptors (Lipinski definition) is 6. The standard InChI is InChI=1S/C21H21ClF3N3O4S2/c1-13(2)33(29,30)14-8-10-15(11-9-14)34(31,32)28-17-6-3-5-16(22)19(17)20(26-28)27-12-4-7-18(27)21(23,24)25/h3,5-6,8-11,13,18H,4,7,12H2,1-2H3/t18-/m0/s1. The number of hydrogen-bond donors (Lipinski definition) is 0. The fourth-order valence-electron chi connectivity index (χ4n) is 4.00. The second kappa shape index (κ2) is 8.42. The highest BCUT2D eigenvalue weighted by molar-refractivity contribution is 7.92. The van der Waals surface area contributed by atoms with Gasteiger partial charge in [0, 0.05) is 6.54 Å². The molecule has 1 fully saturated rings. The number of alkyl halides is 3. The smallest absolute Gasteiger partial charge is 0.342 e. The average Bonchev–Trinajstić information content (AvgIpc) is 3.39. The first-order chi connectivity index (χ1) is 15.8. The molecule has 184 valence electrons. The van der Waals surface area contributed by atoms with E-state index in [0.717, 1.165) is 17.0 Å². The molecule has 0 amide bonds. The van der Waals surface area contributed by atoms with Crippen LogP contribution in [0.4, 0.5) is 19.0 Å². The molecular weight excluding hydrogens is 515 g/mol. The van der Waals surface area contributed by atoms with Gasteiger partial charge in [0.05, 0.1) is 31.0 Å². The number of anilines is 1. The Morgan fingerprint density at radius 1 is 1.03 bits per heavy atom. The zero-order valence-corrected chi connectivity index (χ0v) is 20.5. The van der Waals surface area contributed by atoms with Crippen molar-refractivity contribution in [2.75, 3.05) is 11.4 Å². The lowest BCUT2D eigenvalue weighted by atomic mass is 10.2. The highest BCUT2D eigenvalue weighted by atomic mass is 35.5. The Hall–Kier alpha value is -2.31. The maximum absolute atomic E-state index is 13.6. The summed E-state index contributed by atoms with van der Waals surface area (Å²) in [6.45, 7) is 3.06. The fraction of sp³-hybridized carbons (Fsp3) is 0.381. The van der Waals surface area contributed by atoms with Crippen LogP contribution in [0.3, 0.4) is 0 Å². The van der Waals surface area contributed by atoms with Crippen LogP contribution in [0.1, 0.15) is 26.7 Å². The van der Waals surface area contributed by atoms with E-state index in [4.69, 9.17) is 11.6 Å². The molecule has 0 unspecified atom stereocenters. The topological polar surface area (TPSA) is 89.3 Å². The Morgan fingerprint density at radius 2 is 1.65 bits per heavy atom. The van der Waals surface area contributed by atoms with Gasteiger partial charge in [-0.25, -0.2) is 8.42 Å². The number of sulfone groups is 1. The molecule has 0 saturated carbocycles. The molecule has 0 aliphatic carbocycles. The van der Waals surface area contributed by atoms with Crippen LogP contribution < -0.4 is 4.90 Å². The van der Waals surface area contributed by atoms with Crippen molar-refractivity contribution in [2.24, 2.45) is 0 Å². The van der Waals surface area contributed by atoms with Gasteiger partial charge >= 0.3 is 6.18 Å². The minimum absolute atomic E-state index is 0.0224. The molecule has 2 aromatic carbocycles. The Bertz CT molecular complexity index is 1450. The molecule has 34 heavy (non-hydrogen) atoms. The number of benzene rings is 2. The summed E-state index contributed by atoms with van der Waals surface area (Å²) in [4.78, 5) is 0.735. The number of halogens is 4. The Labute approximate surface area is 200 Å². The number of fused-ring (bicyclic) bond motifs is 1. The van der Waals surface area contributed by atoms with E-state index < -0.39 is 37.3 Å². The van der Waals surface area contributed by atoms with Crippen molar-refractivity contribution in [3.05, 3.63) is 47.5 Å². The van der Waals surface area contributed by atoms with Gasteiger partial charge in [-0.1, -0.05) is 17.7 Å². The third-order valence-electron chi connectivity index (χ3n) is 5.81. The van der Waals surface area contributed by atoms with Crippen molar-refractivity contribution < 1.29 is 30.0 Å². The summed E-state index contributed by atoms with van der Waals surface area (Å²) in [5, 5.41) is 3.57. The Kier molecular flexibility index (Phi) is 6.14. The molecule has 0 spiro atoms. The molecule has 2 heterocycles. The second-order valence-electron chi connectivity index (χ2n) is 8.26. The lowest BCUT2D eigenvalue weighted by Crippen LogP contribution is -2.41. The SMILES string of the molecule is CC(C)S(=O)(=O)c1ccc(S(=O)(=O)n2nc(N3CCC[C@H]3C(F)(F)F)c3c(Cl)cccc32)cc1. The summed E-state index contributed by atoms with van der Waals surface area (Å²) in [6, 6.07) is 7.17. The van der Waals surface area contributed by atoms with Gasteiger partial charge in [0.1, 0.15) is 6.04 Å². The van der Waals surface area contributed by atoms with Gasteiger partial charge in [0.25, 0.3) is 10.0 Å². The Morgan fingerprint density at radius 3 is 2.24 bits per heavy atom. The maximum atomic E-state index is 13.6. The van der Waals surface area contributed by atoms with E-state index in [1.165, 1.54) is 44.2 Å². The van der Waals surface area contributed by atoms with Crippen LogP contribution in [0.2, 0.25) is 5.02 Å². The van der Waals surface area contributed by atoms with Crippen molar-refractivity contribution in [3.8, 4) is 0 Å². The van der Waals surface area contributed by atoms with E-state index >= 15 is 0 Å². The van der Waals surface area contributed by atoms with E-state index in [2.05, 4.69) is 5.10 Å². The molecule has 3 aromatic rings. The molecule has 1 aliphatic heterocycles. The van der Waals surface area contributed by atoms with E-state index in [1.54, 1.807) is 0 Å². The number of aromatic nitrogens is 2. The molecule has 1 aromatic heterocycles. The highest BCUT2D eigenvalue weighted by Gasteiger charge is 2.47. The minimum atomic E-state index is -4.52. The molecule has 0 radical (unpaired) electrons. The average molecular weight is 536 g/mol. The first-order valence-corrected chi connectivity index (χ1v) is 13.7. The predicted octanol–water partition coefficient (Wildman–Crippen LogP) is 4.64. The summed E-state index contributed by atoms with van der Waals surface area (Å²) < 4.78 is 93.1. The van der Waals surface area contributed by atoms with Crippen LogP contribution in [0.5, 0.6) is 0 Å². The van der Waals surface area contributed by atoms with Gasteiger partial charge in [0.15, 0.2) is 15.7 Å². The van der Waals surface area contributed by atoms with Crippen LogP contribution >= 0.6 is 11.6 Å². The fourth-order valence-corrected chi connectivity index (χ4v) is 6.59. The van der Waals surface area contributed by atoms with E-state index in [1.807, 2.05) is 0 Å².